The second-order valence-electron chi connectivity index (χ2n) is 4.85. The maximum atomic E-state index is 13.2. The lowest BCUT2D eigenvalue weighted by Crippen LogP contribution is -2.40. The summed E-state index contributed by atoms with van der Waals surface area (Å²) >= 11 is 0. The molecule has 7 nitrogen and oxygen atoms in total. The number of nitrogens with one attached hydrogen (secondary N) is 1. The van der Waals surface area contributed by atoms with Gasteiger partial charge in [-0.1, -0.05) is 13.8 Å². The molecule has 8 heteroatoms. The Morgan fingerprint density at radius 3 is 2.52 bits per heavy atom. The number of benzene rings is 1. The van der Waals surface area contributed by atoms with E-state index in [2.05, 4.69) is 5.32 Å². The first-order chi connectivity index (χ1) is 9.72. The summed E-state index contributed by atoms with van der Waals surface area (Å²) < 4.78 is 13.2. The summed E-state index contributed by atoms with van der Waals surface area (Å²) in [4.78, 5) is 32.4. The van der Waals surface area contributed by atoms with Gasteiger partial charge in [0, 0.05) is 17.7 Å². The van der Waals surface area contributed by atoms with Gasteiger partial charge in [-0.05, 0) is 18.1 Å². The van der Waals surface area contributed by atoms with E-state index in [0.29, 0.717) is 0 Å². The van der Waals surface area contributed by atoms with Crippen molar-refractivity contribution in [1.82, 2.24) is 5.32 Å². The third kappa shape index (κ3) is 4.51. The van der Waals surface area contributed by atoms with Crippen LogP contribution in [0, 0.1) is 21.8 Å². The molecule has 1 aromatic carbocycles. The minimum Gasteiger partial charge on any atom is -0.481 e. The Hall–Kier alpha value is -2.51. The second kappa shape index (κ2) is 6.78. The summed E-state index contributed by atoms with van der Waals surface area (Å²) in [6.45, 7) is 3.47. The normalized spacial score (nSPS) is 12.0. The molecule has 0 aliphatic rings. The molecule has 1 amide bonds. The largest absolute Gasteiger partial charge is 0.481 e. The van der Waals surface area contributed by atoms with Crippen LogP contribution in [-0.2, 0) is 4.79 Å². The fourth-order valence-electron chi connectivity index (χ4n) is 1.69. The number of carbonyl (C=O) groups is 2. The molecule has 114 valence electrons. The van der Waals surface area contributed by atoms with Crippen molar-refractivity contribution in [3.05, 3.63) is 39.7 Å². The van der Waals surface area contributed by atoms with Crippen LogP contribution in [0.2, 0.25) is 0 Å². The van der Waals surface area contributed by atoms with Crippen molar-refractivity contribution in [3.63, 3.8) is 0 Å². The Kier molecular flexibility index (Phi) is 5.34. The van der Waals surface area contributed by atoms with Crippen LogP contribution in [0.5, 0.6) is 0 Å². The van der Waals surface area contributed by atoms with Crippen molar-refractivity contribution in [1.29, 1.82) is 0 Å². The van der Waals surface area contributed by atoms with E-state index in [-0.39, 0.29) is 17.9 Å². The summed E-state index contributed by atoms with van der Waals surface area (Å²) in [6, 6.07) is 2.13. The molecule has 2 N–H and O–H groups in total. The Morgan fingerprint density at radius 2 is 2.05 bits per heavy atom. The fourth-order valence-corrected chi connectivity index (χ4v) is 1.69. The van der Waals surface area contributed by atoms with Crippen molar-refractivity contribution in [3.8, 4) is 0 Å². The van der Waals surface area contributed by atoms with Gasteiger partial charge in [-0.3, -0.25) is 19.7 Å². The zero-order chi connectivity index (χ0) is 16.2. The highest BCUT2D eigenvalue weighted by Crippen LogP contribution is 2.19. The van der Waals surface area contributed by atoms with E-state index in [1.165, 1.54) is 0 Å². The van der Waals surface area contributed by atoms with Gasteiger partial charge in [-0.25, -0.2) is 0 Å². The smallest absolute Gasteiger partial charge is 0.305 e. The summed E-state index contributed by atoms with van der Waals surface area (Å²) in [5.41, 5.74) is -0.902. The number of amides is 1. The average Bonchev–Trinajstić information content (AvgIpc) is 2.37. The molecule has 0 aliphatic heterocycles. The van der Waals surface area contributed by atoms with Gasteiger partial charge >= 0.3 is 11.7 Å². The van der Waals surface area contributed by atoms with Gasteiger partial charge in [0.05, 0.1) is 11.3 Å². The molecule has 0 saturated carbocycles. The summed E-state index contributed by atoms with van der Waals surface area (Å²) in [5.74, 6) is -2.93. The molecule has 0 radical (unpaired) electrons. The molecule has 0 spiro atoms. The van der Waals surface area contributed by atoms with Crippen LogP contribution in [0.15, 0.2) is 18.2 Å². The van der Waals surface area contributed by atoms with Crippen LogP contribution in [0.25, 0.3) is 0 Å². The molecular formula is C13H15FN2O5. The molecular weight excluding hydrogens is 283 g/mol. The number of aliphatic carboxylic acids is 1. The Bertz CT molecular complexity index is 574. The maximum Gasteiger partial charge on any atom is 0.305 e. The topological polar surface area (TPSA) is 110 Å². The van der Waals surface area contributed by atoms with Gasteiger partial charge in [0.15, 0.2) is 0 Å². The number of halogens is 1. The Morgan fingerprint density at radius 1 is 1.43 bits per heavy atom. The van der Waals surface area contributed by atoms with Crippen molar-refractivity contribution < 1.29 is 24.0 Å². The van der Waals surface area contributed by atoms with Gasteiger partial charge in [0.1, 0.15) is 0 Å². The van der Waals surface area contributed by atoms with Crippen molar-refractivity contribution >= 4 is 17.6 Å². The van der Waals surface area contributed by atoms with Gasteiger partial charge in [-0.2, -0.15) is 4.39 Å². The SMILES string of the molecule is CC(C)C(CC(=O)O)NC(=O)c1ccc(F)c([N+](=O)[O-])c1. The predicted octanol–water partition coefficient (Wildman–Crippen LogP) is 1.96. The number of nitro benzene ring substituents is 1. The number of hydrogen-bond donors (Lipinski definition) is 2. The first-order valence-corrected chi connectivity index (χ1v) is 6.19. The molecule has 0 aromatic heterocycles. The number of carboxylic acid groups (broad SMARTS) is 1. The summed E-state index contributed by atoms with van der Waals surface area (Å²) in [7, 11) is 0. The lowest BCUT2D eigenvalue weighted by Gasteiger charge is -2.20. The first kappa shape index (κ1) is 16.5. The fraction of sp³-hybridized carbons (Fsp3) is 0.385. The van der Waals surface area contributed by atoms with E-state index < -0.39 is 34.3 Å². The lowest BCUT2D eigenvalue weighted by molar-refractivity contribution is -0.387. The van der Waals surface area contributed by atoms with Crippen LogP contribution in [0.4, 0.5) is 10.1 Å². The van der Waals surface area contributed by atoms with Crippen LogP contribution >= 0.6 is 0 Å². The molecule has 1 rings (SSSR count). The van der Waals surface area contributed by atoms with Crippen LogP contribution < -0.4 is 5.32 Å². The highest BCUT2D eigenvalue weighted by Gasteiger charge is 2.22. The molecule has 21 heavy (non-hydrogen) atoms. The third-order valence-corrected chi connectivity index (χ3v) is 2.92. The van der Waals surface area contributed by atoms with Crippen molar-refractivity contribution in [2.45, 2.75) is 26.3 Å². The van der Waals surface area contributed by atoms with Crippen molar-refractivity contribution in [2.24, 2.45) is 5.92 Å². The van der Waals surface area contributed by atoms with Crippen LogP contribution in [0.1, 0.15) is 30.6 Å². The maximum absolute atomic E-state index is 13.2. The number of carboxylic acids is 1. The monoisotopic (exact) mass is 298 g/mol. The van der Waals surface area contributed by atoms with E-state index in [1.807, 2.05) is 0 Å². The van der Waals surface area contributed by atoms with E-state index in [4.69, 9.17) is 5.11 Å². The van der Waals surface area contributed by atoms with E-state index in [0.717, 1.165) is 18.2 Å². The third-order valence-electron chi connectivity index (χ3n) is 2.92. The quantitative estimate of drug-likeness (QED) is 0.616. The zero-order valence-electron chi connectivity index (χ0n) is 11.5. The molecule has 1 unspecified atom stereocenters. The summed E-state index contributed by atoms with van der Waals surface area (Å²) in [6.07, 6.45) is -0.271. The summed E-state index contributed by atoms with van der Waals surface area (Å²) in [5, 5.41) is 21.9. The number of nitro groups is 1. The van der Waals surface area contributed by atoms with Crippen LogP contribution in [-0.4, -0.2) is 27.9 Å². The first-order valence-electron chi connectivity index (χ1n) is 6.19. The van der Waals surface area contributed by atoms with Crippen LogP contribution in [0.3, 0.4) is 0 Å². The van der Waals surface area contributed by atoms with E-state index in [1.54, 1.807) is 13.8 Å². The molecule has 0 bridgehead atoms. The van der Waals surface area contributed by atoms with E-state index in [9.17, 15) is 24.1 Å². The van der Waals surface area contributed by atoms with Gasteiger partial charge in [0.25, 0.3) is 5.91 Å². The van der Waals surface area contributed by atoms with Gasteiger partial charge in [0.2, 0.25) is 5.82 Å². The molecule has 0 fully saturated rings. The number of nitrogens with zero attached hydrogens (tertiary/aromatic N) is 1. The number of rotatable bonds is 6. The molecule has 0 saturated heterocycles. The highest BCUT2D eigenvalue weighted by molar-refractivity contribution is 5.95. The Labute approximate surface area is 119 Å². The minimum atomic E-state index is -1.07. The number of carbonyl (C=O) groups excluding carboxylic acids is 1. The molecule has 0 heterocycles. The van der Waals surface area contributed by atoms with E-state index >= 15 is 0 Å². The average molecular weight is 298 g/mol. The van der Waals surface area contributed by atoms with Gasteiger partial charge in [-0.15, -0.1) is 0 Å². The number of hydrogen-bond acceptors (Lipinski definition) is 4. The molecule has 1 atom stereocenters. The minimum absolute atomic E-state index is 0.0980. The highest BCUT2D eigenvalue weighted by atomic mass is 19.1. The molecule has 1 aromatic rings. The molecule has 0 aliphatic carbocycles. The lowest BCUT2D eigenvalue weighted by atomic mass is 10.0. The standard InChI is InChI=1S/C13H15FN2O5/c1-7(2)10(6-12(17)18)15-13(19)8-3-4-9(14)11(5-8)16(20)21/h3-5,7,10H,6H2,1-2H3,(H,15,19)(H,17,18). The zero-order valence-corrected chi connectivity index (χ0v) is 11.5. The predicted molar refractivity (Wildman–Crippen MR) is 71.4 cm³/mol. The van der Waals surface area contributed by atoms with Crippen molar-refractivity contribution in [2.75, 3.05) is 0 Å². The van der Waals surface area contributed by atoms with Gasteiger partial charge < -0.3 is 10.4 Å². The second-order valence-corrected chi connectivity index (χ2v) is 4.85. The Balaban J connectivity index is 2.95.